The Hall–Kier alpha value is -6.18. The average molecular weight is 773 g/mol. The number of aromatic amines is 1. The van der Waals surface area contributed by atoms with E-state index in [1.807, 2.05) is 36.0 Å². The second-order valence-electron chi connectivity index (χ2n) is 15.5. The molecule has 0 spiro atoms. The topological polar surface area (TPSA) is 164 Å². The first-order chi connectivity index (χ1) is 27.6. The fourth-order valence-electron chi connectivity index (χ4n) is 8.99. The number of hydrogen-bond acceptors (Lipinski definition) is 8. The highest BCUT2D eigenvalue weighted by atomic mass is 16.5. The third-order valence-corrected chi connectivity index (χ3v) is 11.8. The molecule has 4 amide bonds. The number of methoxy groups -OCH3 is 2. The summed E-state index contributed by atoms with van der Waals surface area (Å²) in [5.41, 5.74) is 4.99. The Bertz CT molecular complexity index is 2300. The van der Waals surface area contributed by atoms with Gasteiger partial charge in [-0.1, -0.05) is 56.3 Å². The van der Waals surface area contributed by atoms with Gasteiger partial charge in [0.25, 0.3) is 0 Å². The Morgan fingerprint density at radius 3 is 2.39 bits per heavy atom. The van der Waals surface area contributed by atoms with Crippen LogP contribution < -0.4 is 10.6 Å². The number of H-pyrrole nitrogens is 1. The molecule has 3 N–H and O–H groups in total. The van der Waals surface area contributed by atoms with E-state index in [1.54, 1.807) is 6.20 Å². The van der Waals surface area contributed by atoms with Crippen LogP contribution in [0.5, 0.6) is 0 Å². The second kappa shape index (κ2) is 15.8. The van der Waals surface area contributed by atoms with Gasteiger partial charge in [0.05, 0.1) is 38.2 Å². The van der Waals surface area contributed by atoms with Crippen LogP contribution in [0.1, 0.15) is 69.7 Å². The highest BCUT2D eigenvalue weighted by molar-refractivity contribution is 5.89. The number of rotatable bonds is 10. The van der Waals surface area contributed by atoms with Crippen molar-refractivity contribution in [2.45, 2.75) is 70.1 Å². The summed E-state index contributed by atoms with van der Waals surface area (Å²) in [4.78, 5) is 67.2. The highest BCUT2D eigenvalue weighted by Gasteiger charge is 2.50. The molecular weight excluding hydrogens is 725 g/mol. The van der Waals surface area contributed by atoms with Crippen molar-refractivity contribution in [2.75, 3.05) is 27.3 Å². The standard InChI is InChI=1S/C43H48N8O6/c1-25(2)37(48-43(55)57-4)41(53)50-18-5-6-35(50)39-45-23-34(47-39)27-9-7-26(8-10-27)28-11-12-30-21-32(15-13-29(30)20-28)49-19-17-44-40(49)38-31-14-16-33(22-31)51(38)36(52)24-46-42(54)56-3/h7-13,15,17,19-21,23,25,31,33,35,37-38H,5-6,14,16,18,22,24H2,1-4H3,(H,45,47)(H,46,54)(H,48,55). The van der Waals surface area contributed by atoms with Crippen molar-refractivity contribution < 1.29 is 28.7 Å². The summed E-state index contributed by atoms with van der Waals surface area (Å²) < 4.78 is 11.5. The number of carbonyl (C=O) groups is 4. The predicted octanol–water partition coefficient (Wildman–Crippen LogP) is 6.53. The van der Waals surface area contributed by atoms with Crippen molar-refractivity contribution in [3.05, 3.63) is 90.9 Å². The Morgan fingerprint density at radius 2 is 1.61 bits per heavy atom. The molecular formula is C43H48N8O6. The van der Waals surface area contributed by atoms with Gasteiger partial charge >= 0.3 is 12.2 Å². The quantitative estimate of drug-likeness (QED) is 0.144. The van der Waals surface area contributed by atoms with Gasteiger partial charge in [-0.15, -0.1) is 0 Å². The number of aromatic nitrogens is 4. The number of amides is 4. The minimum Gasteiger partial charge on any atom is -0.453 e. The molecule has 3 aliphatic rings. The lowest BCUT2D eigenvalue weighted by Gasteiger charge is -2.35. The number of alkyl carbamates (subject to hydrolysis) is 2. The molecule has 57 heavy (non-hydrogen) atoms. The maximum atomic E-state index is 13.6. The Kier molecular flexibility index (Phi) is 10.4. The molecule has 3 aromatic carbocycles. The summed E-state index contributed by atoms with van der Waals surface area (Å²) in [5, 5.41) is 7.43. The first-order valence-electron chi connectivity index (χ1n) is 19.6. The van der Waals surface area contributed by atoms with Gasteiger partial charge in [0.15, 0.2) is 0 Å². The zero-order valence-corrected chi connectivity index (χ0v) is 32.6. The number of imidazole rings is 2. The van der Waals surface area contributed by atoms with E-state index in [4.69, 9.17) is 14.7 Å². The summed E-state index contributed by atoms with van der Waals surface area (Å²) in [7, 11) is 2.58. The first kappa shape index (κ1) is 37.7. The van der Waals surface area contributed by atoms with Crippen molar-refractivity contribution >= 4 is 34.8 Å². The third-order valence-electron chi connectivity index (χ3n) is 11.8. The number of benzene rings is 3. The third kappa shape index (κ3) is 7.31. The van der Waals surface area contributed by atoms with Crippen molar-refractivity contribution in [1.29, 1.82) is 0 Å². The number of piperidine rings is 1. The monoisotopic (exact) mass is 772 g/mol. The lowest BCUT2D eigenvalue weighted by Crippen LogP contribution is -2.51. The van der Waals surface area contributed by atoms with E-state index >= 15 is 0 Å². The molecule has 2 aliphatic heterocycles. The van der Waals surface area contributed by atoms with E-state index in [0.717, 1.165) is 82.6 Å². The number of ether oxygens (including phenoxy) is 2. The minimum atomic E-state index is -0.687. The van der Waals surface area contributed by atoms with Gasteiger partial charge < -0.3 is 39.5 Å². The lowest BCUT2D eigenvalue weighted by molar-refractivity contribution is -0.136. The van der Waals surface area contributed by atoms with Gasteiger partial charge in [-0.3, -0.25) is 9.59 Å². The maximum absolute atomic E-state index is 13.6. The normalized spacial score (nSPS) is 20.6. The van der Waals surface area contributed by atoms with Crippen LogP contribution >= 0.6 is 0 Å². The number of fused-ring (bicyclic) bond motifs is 3. The molecule has 14 heteroatoms. The Labute approximate surface area is 330 Å². The van der Waals surface area contributed by atoms with Gasteiger partial charge in [0.2, 0.25) is 11.8 Å². The molecule has 5 aromatic rings. The van der Waals surface area contributed by atoms with E-state index in [9.17, 15) is 19.2 Å². The van der Waals surface area contributed by atoms with Crippen LogP contribution in [0.2, 0.25) is 0 Å². The summed E-state index contributed by atoms with van der Waals surface area (Å²) in [6.45, 7) is 4.29. The first-order valence-corrected chi connectivity index (χ1v) is 19.6. The molecule has 5 unspecified atom stereocenters. The van der Waals surface area contributed by atoms with Crippen LogP contribution in [0.4, 0.5) is 9.59 Å². The van der Waals surface area contributed by atoms with Gasteiger partial charge in [0.1, 0.15) is 24.2 Å². The SMILES string of the molecule is COC(=O)NCC(=O)N1C2CCC(C2)C1c1nccn1-c1ccc2cc(-c3ccc(-c4cnc(C5CCCN5C(=O)C(NC(=O)OC)C(C)C)[nH]4)cc3)ccc2c1. The number of nitrogens with zero attached hydrogens (tertiary/aromatic N) is 5. The molecule has 2 bridgehead atoms. The summed E-state index contributed by atoms with van der Waals surface area (Å²) >= 11 is 0. The molecule has 5 atom stereocenters. The van der Waals surface area contributed by atoms with Crippen LogP contribution in [0.15, 0.2) is 79.3 Å². The number of nitrogens with one attached hydrogen (secondary N) is 3. The Balaban J connectivity index is 0.970. The van der Waals surface area contributed by atoms with Gasteiger partial charge in [0, 0.05) is 30.7 Å². The molecule has 1 saturated carbocycles. The molecule has 14 nitrogen and oxygen atoms in total. The molecule has 2 aromatic heterocycles. The largest absolute Gasteiger partial charge is 0.453 e. The van der Waals surface area contributed by atoms with Gasteiger partial charge in [-0.25, -0.2) is 19.6 Å². The van der Waals surface area contributed by atoms with Crippen LogP contribution in [0.25, 0.3) is 38.8 Å². The van der Waals surface area contributed by atoms with Crippen molar-refractivity contribution in [3.63, 3.8) is 0 Å². The smallest absolute Gasteiger partial charge is 0.407 e. The molecule has 1 aliphatic carbocycles. The summed E-state index contributed by atoms with van der Waals surface area (Å²) in [6, 6.07) is 20.2. The van der Waals surface area contributed by atoms with E-state index in [2.05, 4.69) is 85.6 Å². The predicted molar refractivity (Wildman–Crippen MR) is 213 cm³/mol. The van der Waals surface area contributed by atoms with E-state index in [-0.39, 0.29) is 42.4 Å². The van der Waals surface area contributed by atoms with E-state index in [1.165, 1.54) is 14.2 Å². The number of likely N-dealkylation sites (tertiary alicyclic amines) is 2. The zero-order chi connectivity index (χ0) is 39.8. The van der Waals surface area contributed by atoms with Crippen LogP contribution in [0, 0.1) is 11.8 Å². The zero-order valence-electron chi connectivity index (χ0n) is 32.6. The van der Waals surface area contributed by atoms with Crippen molar-refractivity contribution in [3.8, 4) is 28.1 Å². The summed E-state index contributed by atoms with van der Waals surface area (Å²) in [5.74, 6) is 1.51. The van der Waals surface area contributed by atoms with Crippen LogP contribution in [0.3, 0.4) is 0 Å². The van der Waals surface area contributed by atoms with Gasteiger partial charge in [-0.2, -0.15) is 0 Å². The van der Waals surface area contributed by atoms with Crippen molar-refractivity contribution in [1.82, 2.24) is 40.0 Å². The molecule has 2 saturated heterocycles. The van der Waals surface area contributed by atoms with E-state index in [0.29, 0.717) is 12.5 Å². The van der Waals surface area contributed by atoms with E-state index < -0.39 is 18.2 Å². The lowest BCUT2D eigenvalue weighted by atomic mass is 9.97. The molecule has 296 valence electrons. The molecule has 8 rings (SSSR count). The molecule has 0 radical (unpaired) electrons. The number of hydrogen-bond donors (Lipinski definition) is 3. The minimum absolute atomic E-state index is 0.104. The Morgan fingerprint density at radius 1 is 0.877 bits per heavy atom. The van der Waals surface area contributed by atoms with Gasteiger partial charge in [-0.05, 0) is 89.6 Å². The highest BCUT2D eigenvalue weighted by Crippen LogP contribution is 2.50. The fourth-order valence-corrected chi connectivity index (χ4v) is 8.99. The average Bonchev–Trinajstić information content (AvgIpc) is 4.09. The number of carbonyl (C=O) groups excluding carboxylic acids is 4. The molecule has 4 heterocycles. The van der Waals surface area contributed by atoms with Crippen LogP contribution in [-0.2, 0) is 19.1 Å². The van der Waals surface area contributed by atoms with Crippen LogP contribution in [-0.4, -0.2) is 92.7 Å². The molecule has 3 fully saturated rings. The fraction of sp³-hybridized carbons (Fsp3) is 0.395. The second-order valence-corrected chi connectivity index (χ2v) is 15.5. The van der Waals surface area contributed by atoms with Crippen molar-refractivity contribution in [2.24, 2.45) is 11.8 Å². The maximum Gasteiger partial charge on any atom is 0.407 e. The summed E-state index contributed by atoms with van der Waals surface area (Å²) in [6.07, 6.45) is 8.88.